The van der Waals surface area contributed by atoms with Crippen LogP contribution in [0.25, 0.3) is 0 Å². The Labute approximate surface area is 115 Å². The minimum absolute atomic E-state index is 0.231. The lowest BCUT2D eigenvalue weighted by Gasteiger charge is -2.35. The van der Waals surface area contributed by atoms with Crippen LogP contribution in [0.3, 0.4) is 0 Å². The number of nitrogens with one attached hydrogen (secondary N) is 1. The summed E-state index contributed by atoms with van der Waals surface area (Å²) in [6, 6.07) is 4.44. The van der Waals surface area contributed by atoms with Crippen LogP contribution in [0.2, 0.25) is 0 Å². The SMILES string of the molecule is CN1CCN(NC(CN)c2ccc(Br)s2)CC1. The molecule has 0 radical (unpaired) electrons. The van der Waals surface area contributed by atoms with Crippen LogP contribution in [-0.4, -0.2) is 49.7 Å². The zero-order valence-electron chi connectivity index (χ0n) is 10.0. The molecular weight excluding hydrogens is 300 g/mol. The number of nitrogens with two attached hydrogens (primary N) is 1. The lowest BCUT2D eigenvalue weighted by Crippen LogP contribution is -2.52. The molecule has 1 fully saturated rings. The number of halogens is 1. The number of thiophene rings is 1. The fraction of sp³-hybridized carbons (Fsp3) is 0.636. The van der Waals surface area contributed by atoms with Gasteiger partial charge in [-0.25, -0.2) is 10.4 Å². The third kappa shape index (κ3) is 3.74. The Balaban J connectivity index is 1.91. The number of hydrogen-bond acceptors (Lipinski definition) is 5. The van der Waals surface area contributed by atoms with Gasteiger partial charge in [0.25, 0.3) is 0 Å². The summed E-state index contributed by atoms with van der Waals surface area (Å²) in [6.45, 7) is 4.95. The van der Waals surface area contributed by atoms with Gasteiger partial charge in [0.2, 0.25) is 0 Å². The van der Waals surface area contributed by atoms with Crippen molar-refractivity contribution in [3.8, 4) is 0 Å². The largest absolute Gasteiger partial charge is 0.329 e. The fourth-order valence-electron chi connectivity index (χ4n) is 1.90. The molecule has 0 saturated carbocycles. The highest BCUT2D eigenvalue weighted by molar-refractivity contribution is 9.11. The predicted octanol–water partition coefficient (Wildman–Crippen LogP) is 1.26. The highest BCUT2D eigenvalue weighted by Crippen LogP contribution is 2.27. The highest BCUT2D eigenvalue weighted by atomic mass is 79.9. The van der Waals surface area contributed by atoms with Crippen molar-refractivity contribution < 1.29 is 0 Å². The first-order valence-corrected chi connectivity index (χ1v) is 7.45. The van der Waals surface area contributed by atoms with Crippen LogP contribution in [0.1, 0.15) is 10.9 Å². The van der Waals surface area contributed by atoms with Crippen molar-refractivity contribution in [2.45, 2.75) is 6.04 Å². The Hall–Kier alpha value is 0.0200. The van der Waals surface area contributed by atoms with E-state index in [0.717, 1.165) is 30.0 Å². The first kappa shape index (κ1) is 13.5. The smallest absolute Gasteiger partial charge is 0.0702 e. The van der Waals surface area contributed by atoms with Gasteiger partial charge in [-0.3, -0.25) is 0 Å². The molecule has 4 nitrogen and oxygen atoms in total. The molecule has 96 valence electrons. The van der Waals surface area contributed by atoms with E-state index in [-0.39, 0.29) is 6.04 Å². The van der Waals surface area contributed by atoms with Crippen molar-refractivity contribution in [1.82, 2.24) is 15.3 Å². The van der Waals surface area contributed by atoms with E-state index in [0.29, 0.717) is 6.54 Å². The number of piperazine rings is 1. The molecule has 1 aliphatic rings. The van der Waals surface area contributed by atoms with Gasteiger partial charge in [0.1, 0.15) is 0 Å². The maximum absolute atomic E-state index is 5.85. The maximum Gasteiger partial charge on any atom is 0.0702 e. The van der Waals surface area contributed by atoms with Crippen LogP contribution in [0.15, 0.2) is 15.9 Å². The number of hydrazine groups is 1. The van der Waals surface area contributed by atoms with Gasteiger partial charge in [-0.2, -0.15) is 0 Å². The molecule has 1 aromatic rings. The van der Waals surface area contributed by atoms with Crippen molar-refractivity contribution in [2.75, 3.05) is 39.8 Å². The van der Waals surface area contributed by atoms with Gasteiger partial charge in [0.05, 0.1) is 9.83 Å². The summed E-state index contributed by atoms with van der Waals surface area (Å²) in [6.07, 6.45) is 0. The van der Waals surface area contributed by atoms with Crippen LogP contribution in [0, 0.1) is 0 Å². The minimum Gasteiger partial charge on any atom is -0.329 e. The summed E-state index contributed by atoms with van der Waals surface area (Å²) in [7, 11) is 2.16. The van der Waals surface area contributed by atoms with E-state index in [1.807, 2.05) is 0 Å². The van der Waals surface area contributed by atoms with Gasteiger partial charge in [0.15, 0.2) is 0 Å². The summed E-state index contributed by atoms with van der Waals surface area (Å²) in [5.41, 5.74) is 9.38. The molecule has 1 aliphatic heterocycles. The molecule has 0 spiro atoms. The molecule has 6 heteroatoms. The molecule has 17 heavy (non-hydrogen) atoms. The van der Waals surface area contributed by atoms with Crippen molar-refractivity contribution >= 4 is 27.3 Å². The zero-order valence-corrected chi connectivity index (χ0v) is 12.4. The third-order valence-corrected chi connectivity index (χ3v) is 4.75. The first-order valence-electron chi connectivity index (χ1n) is 5.84. The van der Waals surface area contributed by atoms with Crippen LogP contribution in [0.4, 0.5) is 0 Å². The van der Waals surface area contributed by atoms with E-state index in [9.17, 15) is 0 Å². The molecule has 1 unspecified atom stereocenters. The third-order valence-electron chi connectivity index (χ3n) is 3.01. The quantitative estimate of drug-likeness (QED) is 0.877. The summed E-state index contributed by atoms with van der Waals surface area (Å²) in [5, 5.41) is 2.28. The zero-order chi connectivity index (χ0) is 12.3. The molecule has 2 heterocycles. The molecule has 0 amide bonds. The van der Waals surface area contributed by atoms with E-state index in [1.165, 1.54) is 4.88 Å². The molecule has 1 atom stereocenters. The molecule has 2 rings (SSSR count). The topological polar surface area (TPSA) is 44.5 Å². The summed E-state index contributed by atoms with van der Waals surface area (Å²) < 4.78 is 1.16. The number of hydrogen-bond donors (Lipinski definition) is 2. The average molecular weight is 319 g/mol. The first-order chi connectivity index (χ1) is 8.19. The maximum atomic E-state index is 5.85. The van der Waals surface area contributed by atoms with E-state index in [2.05, 4.69) is 50.4 Å². The molecular formula is C11H19BrN4S. The van der Waals surface area contributed by atoms with Crippen molar-refractivity contribution in [3.63, 3.8) is 0 Å². The predicted molar refractivity (Wildman–Crippen MR) is 76.0 cm³/mol. The van der Waals surface area contributed by atoms with E-state index >= 15 is 0 Å². The van der Waals surface area contributed by atoms with Crippen LogP contribution < -0.4 is 11.2 Å². The molecule has 3 N–H and O–H groups in total. The Morgan fingerprint density at radius 3 is 2.65 bits per heavy atom. The van der Waals surface area contributed by atoms with Crippen molar-refractivity contribution in [3.05, 3.63) is 20.8 Å². The van der Waals surface area contributed by atoms with Crippen LogP contribution in [-0.2, 0) is 0 Å². The molecule has 1 saturated heterocycles. The summed E-state index contributed by atoms with van der Waals surface area (Å²) >= 11 is 5.24. The fourth-order valence-corrected chi connectivity index (χ4v) is 3.39. The minimum atomic E-state index is 0.231. The van der Waals surface area contributed by atoms with E-state index in [1.54, 1.807) is 11.3 Å². The Morgan fingerprint density at radius 2 is 2.12 bits per heavy atom. The lowest BCUT2D eigenvalue weighted by molar-refractivity contribution is 0.0886. The molecule has 0 aliphatic carbocycles. The van der Waals surface area contributed by atoms with Gasteiger partial charge < -0.3 is 10.6 Å². The van der Waals surface area contributed by atoms with Crippen molar-refractivity contribution in [2.24, 2.45) is 5.73 Å². The van der Waals surface area contributed by atoms with Gasteiger partial charge in [-0.1, -0.05) is 0 Å². The number of rotatable bonds is 4. The summed E-state index contributed by atoms with van der Waals surface area (Å²) in [4.78, 5) is 3.63. The number of nitrogens with zero attached hydrogens (tertiary/aromatic N) is 2. The second kappa shape index (κ2) is 6.26. The van der Waals surface area contributed by atoms with Gasteiger partial charge in [0, 0.05) is 37.6 Å². The second-order valence-electron chi connectivity index (χ2n) is 4.35. The van der Waals surface area contributed by atoms with Crippen molar-refractivity contribution in [1.29, 1.82) is 0 Å². The standard InChI is InChI=1S/C11H19BrN4S/c1-15-4-6-16(7-5-15)14-9(8-13)10-2-3-11(12)17-10/h2-3,9,14H,4-8,13H2,1H3. The second-order valence-corrected chi connectivity index (χ2v) is 6.84. The lowest BCUT2D eigenvalue weighted by atomic mass is 10.2. The highest BCUT2D eigenvalue weighted by Gasteiger charge is 2.18. The van der Waals surface area contributed by atoms with Crippen LogP contribution >= 0.6 is 27.3 Å². The number of likely N-dealkylation sites (N-methyl/N-ethyl adjacent to an activating group) is 1. The van der Waals surface area contributed by atoms with Gasteiger partial charge in [-0.15, -0.1) is 11.3 Å². The molecule has 0 bridgehead atoms. The monoisotopic (exact) mass is 318 g/mol. The Morgan fingerprint density at radius 1 is 1.41 bits per heavy atom. The average Bonchev–Trinajstić information content (AvgIpc) is 2.75. The Kier molecular flexibility index (Phi) is 4.96. The normalized spacial score (nSPS) is 20.6. The van der Waals surface area contributed by atoms with Crippen LogP contribution in [0.5, 0.6) is 0 Å². The van der Waals surface area contributed by atoms with Gasteiger partial charge >= 0.3 is 0 Å². The Bertz CT molecular complexity index is 349. The molecule has 0 aromatic carbocycles. The van der Waals surface area contributed by atoms with E-state index in [4.69, 9.17) is 5.73 Å². The van der Waals surface area contributed by atoms with Gasteiger partial charge in [-0.05, 0) is 35.1 Å². The molecule has 1 aromatic heterocycles. The summed E-state index contributed by atoms with van der Waals surface area (Å²) in [5.74, 6) is 0. The van der Waals surface area contributed by atoms with E-state index < -0.39 is 0 Å².